The molecule has 14 heavy (non-hydrogen) atoms. The second-order valence-electron chi connectivity index (χ2n) is 4.24. The number of aliphatic hydroxyl groups excluding tert-OH is 1. The van der Waals surface area contributed by atoms with E-state index in [1.807, 2.05) is 20.8 Å². The maximum absolute atomic E-state index is 11.1. The average Bonchev–Trinajstić information content (AvgIpc) is 2.00. The minimum Gasteiger partial charge on any atom is -0.449 e. The Labute approximate surface area is 84.6 Å². The van der Waals surface area contributed by atoms with Crippen LogP contribution in [0.5, 0.6) is 0 Å². The van der Waals surface area contributed by atoms with Crippen molar-refractivity contribution < 1.29 is 14.6 Å². The van der Waals surface area contributed by atoms with E-state index in [9.17, 15) is 4.79 Å². The number of hydrogen-bond acceptors (Lipinski definition) is 4. The van der Waals surface area contributed by atoms with Crippen LogP contribution in [0.1, 0.15) is 27.2 Å². The van der Waals surface area contributed by atoms with Gasteiger partial charge in [0.25, 0.3) is 0 Å². The molecule has 0 radical (unpaired) electrons. The van der Waals surface area contributed by atoms with E-state index in [4.69, 9.17) is 15.6 Å². The highest BCUT2D eigenvalue weighted by atomic mass is 16.5. The van der Waals surface area contributed by atoms with Crippen molar-refractivity contribution in [2.45, 2.75) is 38.8 Å². The van der Waals surface area contributed by atoms with Gasteiger partial charge in [0, 0.05) is 11.6 Å². The number of nitrogens with one attached hydrogen (secondary N) is 1. The molecule has 0 spiro atoms. The van der Waals surface area contributed by atoms with Gasteiger partial charge in [-0.25, -0.2) is 4.79 Å². The Morgan fingerprint density at radius 1 is 1.57 bits per heavy atom. The molecule has 0 bridgehead atoms. The summed E-state index contributed by atoms with van der Waals surface area (Å²) >= 11 is 0. The van der Waals surface area contributed by atoms with Gasteiger partial charge >= 0.3 is 6.09 Å². The fourth-order valence-electron chi connectivity index (χ4n) is 0.737. The van der Waals surface area contributed by atoms with Gasteiger partial charge in [0.1, 0.15) is 0 Å². The van der Waals surface area contributed by atoms with Gasteiger partial charge in [-0.2, -0.15) is 0 Å². The third kappa shape index (κ3) is 7.82. The van der Waals surface area contributed by atoms with E-state index in [-0.39, 0.29) is 24.8 Å². The molecule has 5 heteroatoms. The van der Waals surface area contributed by atoms with E-state index < -0.39 is 6.09 Å². The molecule has 0 saturated heterocycles. The van der Waals surface area contributed by atoms with Crippen molar-refractivity contribution in [2.24, 2.45) is 5.73 Å². The molecular weight excluding hydrogens is 184 g/mol. The fraction of sp³-hybridized carbons (Fsp3) is 0.889. The third-order valence-corrected chi connectivity index (χ3v) is 1.43. The van der Waals surface area contributed by atoms with Crippen molar-refractivity contribution in [3.05, 3.63) is 0 Å². The molecule has 84 valence electrons. The second kappa shape index (κ2) is 5.82. The minimum atomic E-state index is -0.456. The SMILES string of the molecule is CC(C)(C)NC(=O)OCC[C@H](N)CO. The first kappa shape index (κ1) is 13.2. The highest BCUT2D eigenvalue weighted by Crippen LogP contribution is 1.99. The molecule has 0 unspecified atom stereocenters. The summed E-state index contributed by atoms with van der Waals surface area (Å²) in [7, 11) is 0. The number of nitrogens with two attached hydrogens (primary N) is 1. The molecule has 0 aliphatic heterocycles. The van der Waals surface area contributed by atoms with E-state index in [1.54, 1.807) is 0 Å². The van der Waals surface area contributed by atoms with Gasteiger partial charge < -0.3 is 20.9 Å². The minimum absolute atomic E-state index is 0.0930. The summed E-state index contributed by atoms with van der Waals surface area (Å²) in [5, 5.41) is 11.3. The van der Waals surface area contributed by atoms with Crippen LogP contribution in [-0.2, 0) is 4.74 Å². The van der Waals surface area contributed by atoms with E-state index in [0.29, 0.717) is 6.42 Å². The van der Waals surface area contributed by atoms with Gasteiger partial charge in [0.2, 0.25) is 0 Å². The van der Waals surface area contributed by atoms with Crippen LogP contribution < -0.4 is 11.1 Å². The van der Waals surface area contributed by atoms with Gasteiger partial charge in [-0.15, -0.1) is 0 Å². The van der Waals surface area contributed by atoms with E-state index in [2.05, 4.69) is 5.32 Å². The molecule has 0 aromatic carbocycles. The monoisotopic (exact) mass is 204 g/mol. The molecule has 5 nitrogen and oxygen atoms in total. The maximum atomic E-state index is 11.1. The van der Waals surface area contributed by atoms with Crippen LogP contribution in [0.3, 0.4) is 0 Å². The van der Waals surface area contributed by atoms with Gasteiger partial charge in [0.15, 0.2) is 0 Å². The van der Waals surface area contributed by atoms with Crippen molar-refractivity contribution in [1.82, 2.24) is 5.32 Å². The van der Waals surface area contributed by atoms with Crippen LogP contribution in [0.4, 0.5) is 4.79 Å². The predicted molar refractivity (Wildman–Crippen MR) is 53.9 cm³/mol. The Balaban J connectivity index is 3.55. The number of hydrogen-bond donors (Lipinski definition) is 3. The summed E-state index contributed by atoms with van der Waals surface area (Å²) in [5.41, 5.74) is 5.13. The van der Waals surface area contributed by atoms with Crippen LogP contribution in [0.2, 0.25) is 0 Å². The molecule has 0 aromatic heterocycles. The molecule has 0 rings (SSSR count). The second-order valence-corrected chi connectivity index (χ2v) is 4.24. The largest absolute Gasteiger partial charge is 0.449 e. The Hall–Kier alpha value is -0.810. The van der Waals surface area contributed by atoms with E-state index >= 15 is 0 Å². The summed E-state index contributed by atoms with van der Waals surface area (Å²) < 4.78 is 4.85. The van der Waals surface area contributed by atoms with Gasteiger partial charge in [-0.3, -0.25) is 0 Å². The van der Waals surface area contributed by atoms with E-state index in [1.165, 1.54) is 0 Å². The fourth-order valence-corrected chi connectivity index (χ4v) is 0.737. The lowest BCUT2D eigenvalue weighted by molar-refractivity contribution is 0.130. The normalized spacial score (nSPS) is 13.5. The zero-order chi connectivity index (χ0) is 11.2. The third-order valence-electron chi connectivity index (χ3n) is 1.43. The molecule has 0 aromatic rings. The Morgan fingerprint density at radius 3 is 2.57 bits per heavy atom. The molecule has 1 amide bonds. The molecule has 0 heterocycles. The molecule has 0 fully saturated rings. The summed E-state index contributed by atoms with van der Waals surface area (Å²) in [5.74, 6) is 0. The number of amides is 1. The summed E-state index contributed by atoms with van der Waals surface area (Å²) in [4.78, 5) is 11.1. The molecule has 0 saturated carbocycles. The lowest BCUT2D eigenvalue weighted by Gasteiger charge is -2.20. The molecule has 1 atom stereocenters. The molecular formula is C9H20N2O3. The van der Waals surface area contributed by atoms with Crippen LogP contribution in [-0.4, -0.2) is 36.0 Å². The first-order chi connectivity index (χ1) is 6.35. The predicted octanol–water partition coefficient (Wildman–Crippen LogP) is 0.221. The van der Waals surface area contributed by atoms with Gasteiger partial charge in [-0.1, -0.05) is 0 Å². The van der Waals surface area contributed by atoms with Crippen molar-refractivity contribution in [2.75, 3.05) is 13.2 Å². The van der Waals surface area contributed by atoms with Crippen molar-refractivity contribution in [3.63, 3.8) is 0 Å². The highest BCUT2D eigenvalue weighted by Gasteiger charge is 2.14. The first-order valence-electron chi connectivity index (χ1n) is 4.66. The van der Waals surface area contributed by atoms with Crippen LogP contribution >= 0.6 is 0 Å². The number of alkyl carbamates (subject to hydrolysis) is 1. The van der Waals surface area contributed by atoms with Crippen LogP contribution in [0.15, 0.2) is 0 Å². The molecule has 0 aliphatic rings. The maximum Gasteiger partial charge on any atom is 0.407 e. The number of carbonyl (C=O) groups excluding carboxylic acids is 1. The van der Waals surface area contributed by atoms with Crippen LogP contribution in [0, 0.1) is 0 Å². The number of ether oxygens (including phenoxy) is 1. The standard InChI is InChI=1S/C9H20N2O3/c1-9(2,3)11-8(13)14-5-4-7(10)6-12/h7,12H,4-6,10H2,1-3H3,(H,11,13)/t7-/m0/s1. The molecule has 4 N–H and O–H groups in total. The number of aliphatic hydroxyl groups is 1. The van der Waals surface area contributed by atoms with Crippen molar-refractivity contribution >= 4 is 6.09 Å². The number of carbonyl (C=O) groups is 1. The average molecular weight is 204 g/mol. The Kier molecular flexibility index (Phi) is 5.49. The van der Waals surface area contributed by atoms with Crippen molar-refractivity contribution in [3.8, 4) is 0 Å². The topological polar surface area (TPSA) is 84.6 Å². The highest BCUT2D eigenvalue weighted by molar-refractivity contribution is 5.67. The lowest BCUT2D eigenvalue weighted by Crippen LogP contribution is -2.41. The quantitative estimate of drug-likeness (QED) is 0.611. The number of rotatable bonds is 4. The Morgan fingerprint density at radius 2 is 2.14 bits per heavy atom. The summed E-state index contributed by atoms with van der Waals surface area (Å²) in [6.45, 7) is 5.74. The zero-order valence-electron chi connectivity index (χ0n) is 9.04. The lowest BCUT2D eigenvalue weighted by atomic mass is 10.1. The Bertz CT molecular complexity index is 177. The van der Waals surface area contributed by atoms with Crippen LogP contribution in [0.25, 0.3) is 0 Å². The van der Waals surface area contributed by atoms with Crippen molar-refractivity contribution in [1.29, 1.82) is 0 Å². The summed E-state index contributed by atoms with van der Waals surface area (Å²) in [6.07, 6.45) is 0.0104. The molecule has 0 aliphatic carbocycles. The first-order valence-corrected chi connectivity index (χ1v) is 4.66. The van der Waals surface area contributed by atoms with E-state index in [0.717, 1.165) is 0 Å². The summed E-state index contributed by atoms with van der Waals surface area (Å²) in [6, 6.07) is -0.322. The van der Waals surface area contributed by atoms with Gasteiger partial charge in [0.05, 0.1) is 13.2 Å². The smallest absolute Gasteiger partial charge is 0.407 e. The van der Waals surface area contributed by atoms with Gasteiger partial charge in [-0.05, 0) is 27.2 Å². The zero-order valence-corrected chi connectivity index (χ0v) is 9.04.